The van der Waals surface area contributed by atoms with Crippen LogP contribution < -0.4 is 5.73 Å². The third kappa shape index (κ3) is 1.32. The molecule has 0 aliphatic rings. The molecule has 0 saturated carbocycles. The monoisotopic (exact) mass is 169 g/mol. The maximum Gasteiger partial charge on any atom is 0.194 e. The lowest BCUT2D eigenvalue weighted by molar-refractivity contribution is 0.288. The number of hydrogen-bond acceptors (Lipinski definition) is 4. The molecule has 1 heterocycles. The Morgan fingerprint density at radius 2 is 2.25 bits per heavy atom. The molecule has 0 amide bonds. The van der Waals surface area contributed by atoms with Crippen LogP contribution in [0.15, 0.2) is 0 Å². The van der Waals surface area contributed by atoms with Gasteiger partial charge in [-0.05, 0) is 12.3 Å². The van der Waals surface area contributed by atoms with Gasteiger partial charge in [-0.3, -0.25) is 0 Å². The largest absolute Gasteiger partial charge is 0.318 e. The van der Waals surface area contributed by atoms with E-state index in [9.17, 15) is 0 Å². The van der Waals surface area contributed by atoms with E-state index in [1.54, 1.807) is 0 Å². The summed E-state index contributed by atoms with van der Waals surface area (Å²) in [6.45, 7) is 6.14. The summed E-state index contributed by atoms with van der Waals surface area (Å²) in [6.07, 6.45) is 0.810. The molecule has 0 fully saturated rings. The highest BCUT2D eigenvalue weighted by Crippen LogP contribution is 2.26. The van der Waals surface area contributed by atoms with E-state index in [1.165, 1.54) is 0 Å². The summed E-state index contributed by atoms with van der Waals surface area (Å²) >= 11 is 0. The van der Waals surface area contributed by atoms with Crippen LogP contribution in [0, 0.1) is 5.92 Å². The van der Waals surface area contributed by atoms with Crippen LogP contribution in [-0.4, -0.2) is 20.6 Å². The van der Waals surface area contributed by atoms with Gasteiger partial charge in [-0.1, -0.05) is 26.0 Å². The summed E-state index contributed by atoms with van der Waals surface area (Å²) in [7, 11) is 0. The minimum absolute atomic E-state index is 0.306. The number of nitrogens with two attached hydrogens (primary N) is 1. The maximum absolute atomic E-state index is 6.12. The van der Waals surface area contributed by atoms with Crippen molar-refractivity contribution in [2.75, 3.05) is 0 Å². The zero-order valence-corrected chi connectivity index (χ0v) is 7.70. The van der Waals surface area contributed by atoms with Crippen molar-refractivity contribution < 1.29 is 0 Å². The molecule has 0 bridgehead atoms. The van der Waals surface area contributed by atoms with Gasteiger partial charge in [0, 0.05) is 0 Å². The number of aromatic nitrogens is 4. The van der Waals surface area contributed by atoms with E-state index in [4.69, 9.17) is 5.73 Å². The molecule has 0 spiro atoms. The van der Waals surface area contributed by atoms with Gasteiger partial charge in [-0.15, -0.1) is 10.2 Å². The maximum atomic E-state index is 6.12. The minimum atomic E-state index is -0.451. The Morgan fingerprint density at radius 3 is 2.58 bits per heavy atom. The van der Waals surface area contributed by atoms with Gasteiger partial charge in [0.15, 0.2) is 5.82 Å². The van der Waals surface area contributed by atoms with Crippen LogP contribution in [0.4, 0.5) is 0 Å². The van der Waals surface area contributed by atoms with Gasteiger partial charge in [0.2, 0.25) is 0 Å². The first-order chi connectivity index (χ1) is 5.61. The van der Waals surface area contributed by atoms with Gasteiger partial charge in [-0.2, -0.15) is 5.21 Å². The Hall–Kier alpha value is -0.970. The van der Waals surface area contributed by atoms with Crippen LogP contribution in [0.5, 0.6) is 0 Å². The topological polar surface area (TPSA) is 80.5 Å². The van der Waals surface area contributed by atoms with E-state index in [0.717, 1.165) is 6.42 Å². The smallest absolute Gasteiger partial charge is 0.194 e. The molecule has 68 valence electrons. The van der Waals surface area contributed by atoms with E-state index < -0.39 is 5.54 Å². The average molecular weight is 169 g/mol. The molecule has 5 heteroatoms. The summed E-state index contributed by atoms with van der Waals surface area (Å²) in [4.78, 5) is 0. The summed E-state index contributed by atoms with van der Waals surface area (Å²) in [5.41, 5.74) is 5.67. The molecule has 1 atom stereocenters. The molecule has 1 rings (SSSR count). The first-order valence-electron chi connectivity index (χ1n) is 4.14. The highest BCUT2D eigenvalue weighted by atomic mass is 15.5. The van der Waals surface area contributed by atoms with Gasteiger partial charge in [0.25, 0.3) is 0 Å². The Morgan fingerprint density at radius 1 is 1.58 bits per heavy atom. The van der Waals surface area contributed by atoms with Gasteiger partial charge >= 0.3 is 0 Å². The van der Waals surface area contributed by atoms with E-state index in [0.29, 0.717) is 11.7 Å². The number of nitrogens with one attached hydrogen (secondary N) is 1. The zero-order chi connectivity index (χ0) is 9.19. The fourth-order valence-corrected chi connectivity index (χ4v) is 1.18. The van der Waals surface area contributed by atoms with Crippen molar-refractivity contribution >= 4 is 0 Å². The lowest BCUT2D eigenvalue weighted by atomic mass is 9.84. The highest BCUT2D eigenvalue weighted by Gasteiger charge is 2.33. The zero-order valence-electron chi connectivity index (χ0n) is 7.70. The fraction of sp³-hybridized carbons (Fsp3) is 0.857. The third-order valence-corrected chi connectivity index (χ3v) is 2.38. The van der Waals surface area contributed by atoms with Crippen LogP contribution in [0.1, 0.15) is 33.0 Å². The SMILES string of the molecule is CCC(N)(c1nn[nH]n1)C(C)C. The van der Waals surface area contributed by atoms with E-state index in [1.807, 2.05) is 6.92 Å². The molecular formula is C7H15N5. The predicted molar refractivity (Wildman–Crippen MR) is 45.2 cm³/mol. The summed E-state index contributed by atoms with van der Waals surface area (Å²) < 4.78 is 0. The first-order valence-corrected chi connectivity index (χ1v) is 4.14. The lowest BCUT2D eigenvalue weighted by Gasteiger charge is -2.28. The van der Waals surface area contributed by atoms with Gasteiger partial charge in [-0.25, -0.2) is 0 Å². The molecule has 1 unspecified atom stereocenters. The number of hydrogen-bond donors (Lipinski definition) is 2. The highest BCUT2D eigenvalue weighted by molar-refractivity contribution is 5.02. The first kappa shape index (κ1) is 9.12. The second-order valence-corrected chi connectivity index (χ2v) is 3.28. The number of aromatic amines is 1. The summed E-state index contributed by atoms with van der Waals surface area (Å²) in [6, 6.07) is 0. The second kappa shape index (κ2) is 3.18. The standard InChI is InChI=1S/C7H15N5/c1-4-7(8,5(2)3)6-9-11-12-10-6/h5H,4,8H2,1-3H3,(H,9,10,11,12). The van der Waals surface area contributed by atoms with Crippen LogP contribution in [-0.2, 0) is 5.54 Å². The van der Waals surface area contributed by atoms with Crippen LogP contribution in [0.25, 0.3) is 0 Å². The molecule has 0 radical (unpaired) electrons. The Balaban J connectivity index is 2.96. The molecule has 0 saturated heterocycles. The summed E-state index contributed by atoms with van der Waals surface area (Å²) in [5, 5.41) is 13.7. The number of H-pyrrole nitrogens is 1. The van der Waals surface area contributed by atoms with Gasteiger partial charge < -0.3 is 5.73 Å². The Labute approximate surface area is 71.7 Å². The summed E-state index contributed by atoms with van der Waals surface area (Å²) in [5.74, 6) is 0.903. The van der Waals surface area contributed by atoms with Crippen molar-refractivity contribution in [2.45, 2.75) is 32.7 Å². The molecule has 5 nitrogen and oxygen atoms in total. The van der Waals surface area contributed by atoms with Gasteiger partial charge in [0.05, 0.1) is 5.54 Å². The molecule has 1 aromatic rings. The van der Waals surface area contributed by atoms with Crippen molar-refractivity contribution in [3.05, 3.63) is 5.82 Å². The van der Waals surface area contributed by atoms with Crippen molar-refractivity contribution in [3.8, 4) is 0 Å². The molecule has 0 aromatic carbocycles. The van der Waals surface area contributed by atoms with Gasteiger partial charge in [0.1, 0.15) is 0 Å². The molecule has 3 N–H and O–H groups in total. The van der Waals surface area contributed by atoms with Crippen LogP contribution >= 0.6 is 0 Å². The molecule has 0 aliphatic carbocycles. The third-order valence-electron chi connectivity index (χ3n) is 2.38. The van der Waals surface area contributed by atoms with Crippen molar-refractivity contribution in [1.82, 2.24) is 20.6 Å². The Bertz CT molecular complexity index is 230. The molecular weight excluding hydrogens is 154 g/mol. The molecule has 1 aromatic heterocycles. The van der Waals surface area contributed by atoms with Crippen molar-refractivity contribution in [2.24, 2.45) is 11.7 Å². The van der Waals surface area contributed by atoms with E-state index in [2.05, 4.69) is 34.5 Å². The van der Waals surface area contributed by atoms with E-state index >= 15 is 0 Å². The van der Waals surface area contributed by atoms with Crippen LogP contribution in [0.3, 0.4) is 0 Å². The molecule has 0 aliphatic heterocycles. The predicted octanol–water partition coefficient (Wildman–Crippen LogP) is 0.420. The number of rotatable bonds is 3. The normalized spacial score (nSPS) is 16.4. The Kier molecular flexibility index (Phi) is 2.42. The van der Waals surface area contributed by atoms with E-state index in [-0.39, 0.29) is 0 Å². The quantitative estimate of drug-likeness (QED) is 0.687. The molecule has 12 heavy (non-hydrogen) atoms. The van der Waals surface area contributed by atoms with Crippen molar-refractivity contribution in [3.63, 3.8) is 0 Å². The number of tetrazole rings is 1. The minimum Gasteiger partial charge on any atom is -0.318 e. The average Bonchev–Trinajstić information content (AvgIpc) is 2.54. The fourth-order valence-electron chi connectivity index (χ4n) is 1.18. The second-order valence-electron chi connectivity index (χ2n) is 3.28. The van der Waals surface area contributed by atoms with Crippen LogP contribution in [0.2, 0.25) is 0 Å². The van der Waals surface area contributed by atoms with Crippen molar-refractivity contribution in [1.29, 1.82) is 0 Å². The number of nitrogens with zero attached hydrogens (tertiary/aromatic N) is 3. The lowest BCUT2D eigenvalue weighted by Crippen LogP contribution is -2.42.